The van der Waals surface area contributed by atoms with E-state index in [1.165, 1.54) is 54.5 Å². The van der Waals surface area contributed by atoms with Gasteiger partial charge in [0.05, 0.1) is 30.0 Å². The lowest BCUT2D eigenvalue weighted by molar-refractivity contribution is 0.417. The minimum Gasteiger partial charge on any atom is -0.495 e. The van der Waals surface area contributed by atoms with Crippen molar-refractivity contribution in [2.45, 2.75) is 0 Å². The summed E-state index contributed by atoms with van der Waals surface area (Å²) in [5.41, 5.74) is 6.36. The molecule has 3 aromatic carbocycles. The molecule has 0 bridgehead atoms. The Morgan fingerprint density at radius 2 is 1.82 bits per heavy atom. The molecule has 0 saturated carbocycles. The van der Waals surface area contributed by atoms with Gasteiger partial charge in [0.15, 0.2) is 11.4 Å². The second-order valence-corrected chi connectivity index (χ2v) is 11.5. The van der Waals surface area contributed by atoms with E-state index in [0.29, 0.717) is 5.56 Å². The van der Waals surface area contributed by atoms with E-state index >= 15 is 0 Å². The summed E-state index contributed by atoms with van der Waals surface area (Å²) >= 11 is 0. The lowest BCUT2D eigenvalue weighted by Gasteiger charge is -2.13. The van der Waals surface area contributed by atoms with Gasteiger partial charge < -0.3 is 14.9 Å². The van der Waals surface area contributed by atoms with E-state index in [-0.39, 0.29) is 67.5 Å². The van der Waals surface area contributed by atoms with E-state index in [2.05, 4.69) is 26.4 Å². The Labute approximate surface area is 248 Å². The summed E-state index contributed by atoms with van der Waals surface area (Å²) in [6.07, 6.45) is 2.20. The zero-order chi connectivity index (χ0) is 31.3. The van der Waals surface area contributed by atoms with Gasteiger partial charge in [-0.2, -0.15) is 5.10 Å². The van der Waals surface area contributed by atoms with Crippen molar-refractivity contribution in [1.82, 2.24) is 19.7 Å². The van der Waals surface area contributed by atoms with E-state index in [4.69, 9.17) is 14.9 Å². The van der Waals surface area contributed by atoms with E-state index in [1.54, 1.807) is 12.1 Å². The van der Waals surface area contributed by atoms with Crippen LogP contribution in [0, 0.1) is 11.6 Å². The average Bonchev–Trinajstić information content (AvgIpc) is 3.37. The highest BCUT2D eigenvalue weighted by Gasteiger charge is 2.26. The van der Waals surface area contributed by atoms with Crippen LogP contribution in [-0.4, -0.2) is 41.5 Å². The third-order valence-electron chi connectivity index (χ3n) is 6.76. The fourth-order valence-corrected chi connectivity index (χ4v) is 5.46. The molecule has 3 N–H and O–H groups in total. The third kappa shape index (κ3) is 4.90. The van der Waals surface area contributed by atoms with Gasteiger partial charge in [0.25, 0.3) is 0 Å². The molecule has 6 aromatic rings. The number of nitrogens with one attached hydrogen (secondary N) is 1. The molecule has 0 unspecified atom stereocenters. The predicted molar refractivity (Wildman–Crippen MR) is 162 cm³/mol. The summed E-state index contributed by atoms with van der Waals surface area (Å²) in [6.45, 7) is 4.12. The maximum atomic E-state index is 14.9. The number of methoxy groups -OCH3 is 1. The van der Waals surface area contributed by atoms with Crippen LogP contribution >= 0.6 is 0 Å². The Morgan fingerprint density at radius 3 is 2.55 bits per heavy atom. The molecule has 44 heavy (non-hydrogen) atoms. The average molecular weight is 617 g/mol. The monoisotopic (exact) mass is 616 g/mol. The van der Waals surface area contributed by atoms with E-state index in [1.807, 2.05) is 0 Å². The van der Waals surface area contributed by atoms with Crippen LogP contribution in [0.5, 0.6) is 5.75 Å². The minimum absolute atomic E-state index is 0.00938. The van der Waals surface area contributed by atoms with Crippen LogP contribution < -0.4 is 20.6 Å². The Hall–Kier alpha value is -5.63. The van der Waals surface area contributed by atoms with Gasteiger partial charge in [0.1, 0.15) is 51.9 Å². The normalized spacial score (nSPS) is 11.6. The lowest BCUT2D eigenvalue weighted by atomic mass is 10.0. The molecule has 0 atom stereocenters. The Bertz CT molecular complexity index is 2320. The standard InChI is InChI=1S/C30H22F2N6O5S/c1-15(28-23(16-6-4-7-18(31)12-16)27(39)24-19(32)8-5-9-22(24)43-28)38-30-25(29(33)34-14-35-30)26(36-38)17-10-11-21(42-2)20(13-17)37-44(3,40)41/h4-14,37H,1H2,2-3H3,(H2,33,34,35). The molecule has 222 valence electrons. The first-order chi connectivity index (χ1) is 21.0. The second-order valence-electron chi connectivity index (χ2n) is 9.71. The first-order valence-corrected chi connectivity index (χ1v) is 14.7. The molecule has 0 saturated heterocycles. The quantitative estimate of drug-likeness (QED) is 0.251. The highest BCUT2D eigenvalue weighted by Crippen LogP contribution is 2.38. The van der Waals surface area contributed by atoms with Crippen LogP contribution in [0.15, 0.2) is 82.8 Å². The third-order valence-corrected chi connectivity index (χ3v) is 7.35. The second kappa shape index (κ2) is 10.6. The van der Waals surface area contributed by atoms with E-state index in [9.17, 15) is 22.0 Å². The molecule has 0 aliphatic rings. The number of aromatic nitrogens is 4. The molecule has 11 nitrogen and oxygen atoms in total. The van der Waals surface area contributed by atoms with Crippen LogP contribution in [0.3, 0.4) is 0 Å². The number of nitrogen functional groups attached to an aromatic ring is 1. The Kier molecular flexibility index (Phi) is 6.85. The highest BCUT2D eigenvalue weighted by molar-refractivity contribution is 7.92. The van der Waals surface area contributed by atoms with Crippen LogP contribution in [0.1, 0.15) is 5.76 Å². The van der Waals surface area contributed by atoms with Gasteiger partial charge in [-0.25, -0.2) is 31.8 Å². The Morgan fingerprint density at radius 1 is 1.05 bits per heavy atom. The molecule has 3 heterocycles. The molecular weight excluding hydrogens is 594 g/mol. The number of halogens is 2. The lowest BCUT2D eigenvalue weighted by Crippen LogP contribution is -2.13. The molecule has 0 spiro atoms. The maximum absolute atomic E-state index is 14.9. The van der Waals surface area contributed by atoms with Gasteiger partial charge in [-0.05, 0) is 48.0 Å². The zero-order valence-electron chi connectivity index (χ0n) is 23.1. The smallest absolute Gasteiger partial charge is 0.229 e. The van der Waals surface area contributed by atoms with Gasteiger partial charge in [0.2, 0.25) is 15.5 Å². The molecular formula is C30H22F2N6O5S. The molecule has 0 fully saturated rings. The minimum atomic E-state index is -3.68. The molecule has 6 rings (SSSR count). The number of ether oxygens (including phenoxy) is 1. The van der Waals surface area contributed by atoms with Crippen molar-refractivity contribution < 1.29 is 26.4 Å². The van der Waals surface area contributed by atoms with Crippen molar-refractivity contribution in [1.29, 1.82) is 0 Å². The van der Waals surface area contributed by atoms with E-state index in [0.717, 1.165) is 18.4 Å². The first-order valence-electron chi connectivity index (χ1n) is 12.8. The van der Waals surface area contributed by atoms with Crippen LogP contribution in [0.4, 0.5) is 20.3 Å². The van der Waals surface area contributed by atoms with Crippen LogP contribution in [0.25, 0.3) is 50.1 Å². The predicted octanol–water partition coefficient (Wildman–Crippen LogP) is 5.03. The van der Waals surface area contributed by atoms with Crippen molar-refractivity contribution in [3.8, 4) is 28.1 Å². The summed E-state index contributed by atoms with van der Waals surface area (Å²) in [5.74, 6) is -1.26. The summed E-state index contributed by atoms with van der Waals surface area (Å²) in [4.78, 5) is 22.2. The van der Waals surface area contributed by atoms with Crippen molar-refractivity contribution in [2.24, 2.45) is 0 Å². The largest absolute Gasteiger partial charge is 0.495 e. The molecule has 0 amide bonds. The number of hydrogen-bond donors (Lipinski definition) is 2. The molecule has 3 aromatic heterocycles. The molecule has 14 heteroatoms. The summed E-state index contributed by atoms with van der Waals surface area (Å²) in [6, 6.07) is 13.8. The number of anilines is 2. The van der Waals surface area contributed by atoms with Gasteiger partial charge in [0, 0.05) is 5.56 Å². The van der Waals surface area contributed by atoms with Gasteiger partial charge in [-0.1, -0.05) is 24.8 Å². The Balaban J connectivity index is 1.62. The van der Waals surface area contributed by atoms with Crippen molar-refractivity contribution >= 4 is 49.2 Å². The van der Waals surface area contributed by atoms with Gasteiger partial charge in [-0.3, -0.25) is 9.52 Å². The fraction of sp³-hybridized carbons (Fsp3) is 0.0667. The highest BCUT2D eigenvalue weighted by atomic mass is 32.2. The molecule has 0 aliphatic heterocycles. The number of benzene rings is 3. The van der Waals surface area contributed by atoms with Gasteiger partial charge >= 0.3 is 0 Å². The number of sulfonamides is 1. The van der Waals surface area contributed by atoms with Crippen molar-refractivity contribution in [2.75, 3.05) is 23.8 Å². The SMILES string of the molecule is C=C(c1oc2cccc(F)c2c(=O)c1-c1cccc(F)c1)n1nc(-c2ccc(OC)c(NS(C)(=O)=O)c2)c2c(N)ncnc21. The van der Waals surface area contributed by atoms with Crippen molar-refractivity contribution in [3.63, 3.8) is 0 Å². The number of fused-ring (bicyclic) bond motifs is 2. The van der Waals surface area contributed by atoms with Gasteiger partial charge in [-0.15, -0.1) is 0 Å². The number of nitrogens with two attached hydrogens (primary N) is 1. The van der Waals surface area contributed by atoms with Crippen LogP contribution in [0.2, 0.25) is 0 Å². The summed E-state index contributed by atoms with van der Waals surface area (Å²) < 4.78 is 68.3. The topological polar surface area (TPSA) is 155 Å². The molecule has 0 radical (unpaired) electrons. The van der Waals surface area contributed by atoms with Crippen LogP contribution in [-0.2, 0) is 10.0 Å². The fourth-order valence-electron chi connectivity index (χ4n) is 4.90. The number of hydrogen-bond acceptors (Lipinski definition) is 9. The van der Waals surface area contributed by atoms with Crippen molar-refractivity contribution in [3.05, 3.63) is 101 Å². The summed E-state index contributed by atoms with van der Waals surface area (Å²) in [5, 5.41) is 4.64. The van der Waals surface area contributed by atoms with E-state index < -0.39 is 27.1 Å². The summed E-state index contributed by atoms with van der Waals surface area (Å²) in [7, 11) is -2.29. The first kappa shape index (κ1) is 28.5. The zero-order valence-corrected chi connectivity index (χ0v) is 23.9. The molecule has 0 aliphatic carbocycles. The number of rotatable bonds is 7. The number of nitrogens with zero attached hydrogens (tertiary/aromatic N) is 4. The maximum Gasteiger partial charge on any atom is 0.229 e.